The van der Waals surface area contributed by atoms with Crippen LogP contribution in [0.15, 0.2) is 41.6 Å². The lowest BCUT2D eigenvalue weighted by atomic mass is 9.86. The number of carbonyl (C=O) groups excluding carboxylic acids is 2. The predicted octanol–water partition coefficient (Wildman–Crippen LogP) is 5.99. The first-order valence-electron chi connectivity index (χ1n) is 9.40. The summed E-state index contributed by atoms with van der Waals surface area (Å²) in [6, 6.07) is 7.82. The third kappa shape index (κ3) is 5.11. The number of benzene rings is 2. The highest BCUT2D eigenvalue weighted by atomic mass is 127. The van der Waals surface area contributed by atoms with E-state index >= 15 is 0 Å². The maximum atomic E-state index is 14.2. The van der Waals surface area contributed by atoms with Gasteiger partial charge in [-0.2, -0.15) is 13.2 Å². The van der Waals surface area contributed by atoms with Crippen molar-refractivity contribution in [2.24, 2.45) is 5.16 Å². The van der Waals surface area contributed by atoms with Gasteiger partial charge in [-0.1, -0.05) is 34.4 Å². The Hall–Kier alpha value is -2.09. The molecular formula is C21H16Cl2F3IN2O5. The third-order valence-electron chi connectivity index (χ3n) is 4.95. The maximum Gasteiger partial charge on any atom is 0.435 e. The summed E-state index contributed by atoms with van der Waals surface area (Å²) in [6.45, 7) is -0.347. The Balaban J connectivity index is 1.94. The van der Waals surface area contributed by atoms with Crippen molar-refractivity contribution in [3.63, 3.8) is 0 Å². The molecule has 1 atom stereocenters. The molecule has 13 heteroatoms. The van der Waals surface area contributed by atoms with E-state index in [0.29, 0.717) is 9.13 Å². The van der Waals surface area contributed by atoms with E-state index in [2.05, 4.69) is 9.89 Å². The van der Waals surface area contributed by atoms with Gasteiger partial charge in [-0.05, 0) is 52.9 Å². The highest BCUT2D eigenvalue weighted by molar-refractivity contribution is 14.1. The summed E-state index contributed by atoms with van der Waals surface area (Å²) in [6.07, 6.45) is -6.40. The Kier molecular flexibility index (Phi) is 8.00. The molecule has 0 saturated heterocycles. The average Bonchev–Trinajstić information content (AvgIpc) is 3.23. The summed E-state index contributed by atoms with van der Waals surface area (Å²) in [5, 5.41) is 3.74. The number of nitrogens with zero attached hydrogens (tertiary/aromatic N) is 2. The van der Waals surface area contributed by atoms with Crippen LogP contribution in [0, 0.1) is 3.57 Å². The second kappa shape index (κ2) is 10.3. The molecular weight excluding hydrogens is 615 g/mol. The number of hydrogen-bond donors (Lipinski definition) is 0. The molecule has 0 aromatic heterocycles. The quantitative estimate of drug-likeness (QED) is 0.300. The first-order valence-corrected chi connectivity index (χ1v) is 11.2. The summed E-state index contributed by atoms with van der Waals surface area (Å²) in [7, 11) is 2.42. The van der Waals surface area contributed by atoms with Gasteiger partial charge < -0.3 is 14.3 Å². The highest BCUT2D eigenvalue weighted by Crippen LogP contribution is 2.49. The first-order chi connectivity index (χ1) is 15.9. The molecule has 0 spiro atoms. The third-order valence-corrected chi connectivity index (χ3v) is 6.27. The van der Waals surface area contributed by atoms with Crippen LogP contribution in [-0.2, 0) is 19.9 Å². The second-order valence-corrected chi connectivity index (χ2v) is 9.14. The number of carbonyl (C=O) groups is 2. The normalized spacial score (nSPS) is 17.7. The van der Waals surface area contributed by atoms with Gasteiger partial charge in [0.05, 0.1) is 18.4 Å². The van der Waals surface area contributed by atoms with Gasteiger partial charge in [0.15, 0.2) is 0 Å². The molecule has 182 valence electrons. The fraction of sp³-hybridized carbons (Fsp3) is 0.286. The number of imide groups is 1. The molecule has 0 fully saturated rings. The van der Waals surface area contributed by atoms with Crippen LogP contribution in [0.2, 0.25) is 10.0 Å². The Bertz CT molecular complexity index is 1140. The fourth-order valence-corrected chi connectivity index (χ4v) is 4.56. The summed E-state index contributed by atoms with van der Waals surface area (Å²) < 4.78 is 52.4. The van der Waals surface area contributed by atoms with Gasteiger partial charge >= 0.3 is 12.3 Å². The van der Waals surface area contributed by atoms with E-state index in [4.69, 9.17) is 32.8 Å². The summed E-state index contributed by atoms with van der Waals surface area (Å²) >= 11 is 13.7. The zero-order valence-corrected chi connectivity index (χ0v) is 21.3. The van der Waals surface area contributed by atoms with E-state index < -0.39 is 30.2 Å². The SMILES string of the molecule is COCN(C(=O)OC)C(=O)c1ccc(C2=NOC(c3cc(Cl)cc(Cl)c3)(C(F)(F)F)C2)cc1I. The molecule has 1 aliphatic heterocycles. The molecule has 7 nitrogen and oxygen atoms in total. The lowest BCUT2D eigenvalue weighted by molar-refractivity contribution is -0.275. The standard InChI is InChI=1S/C21H16Cl2F3IN2O5/c1-32-10-29(19(31)33-2)18(30)15-4-3-11(5-16(15)27)17-9-20(34-28-17,21(24,25)26)12-6-13(22)8-14(23)7-12/h3-8H,9-10H2,1-2H3. The minimum Gasteiger partial charge on any atom is -0.452 e. The van der Waals surface area contributed by atoms with Gasteiger partial charge in [0.2, 0.25) is 0 Å². The molecule has 0 saturated carbocycles. The van der Waals surface area contributed by atoms with Crippen molar-refractivity contribution >= 4 is 63.5 Å². The first kappa shape index (κ1) is 26.5. The molecule has 1 aliphatic rings. The van der Waals surface area contributed by atoms with Crippen molar-refractivity contribution in [2.75, 3.05) is 21.0 Å². The molecule has 2 aromatic carbocycles. The number of hydrogen-bond acceptors (Lipinski definition) is 6. The minimum absolute atomic E-state index is 0.00653. The second-order valence-electron chi connectivity index (χ2n) is 7.10. The molecule has 0 N–H and O–H groups in total. The van der Waals surface area contributed by atoms with E-state index in [1.807, 2.05) is 22.6 Å². The number of rotatable bonds is 5. The van der Waals surface area contributed by atoms with Gasteiger partial charge in [-0.15, -0.1) is 0 Å². The number of halogens is 6. The lowest BCUT2D eigenvalue weighted by Crippen LogP contribution is -2.42. The smallest absolute Gasteiger partial charge is 0.435 e. The van der Waals surface area contributed by atoms with Crippen molar-refractivity contribution in [3.8, 4) is 0 Å². The Morgan fingerprint density at radius 3 is 2.35 bits per heavy atom. The summed E-state index contributed by atoms with van der Waals surface area (Å²) in [5.41, 5.74) is -2.64. The minimum atomic E-state index is -4.84. The molecule has 1 unspecified atom stereocenters. The van der Waals surface area contributed by atoms with Crippen LogP contribution in [0.4, 0.5) is 18.0 Å². The number of oxime groups is 1. The van der Waals surface area contributed by atoms with E-state index in [1.54, 1.807) is 0 Å². The molecule has 2 aromatic rings. The van der Waals surface area contributed by atoms with Crippen LogP contribution in [0.5, 0.6) is 0 Å². The number of methoxy groups -OCH3 is 2. The van der Waals surface area contributed by atoms with Gasteiger partial charge in [0, 0.05) is 38.3 Å². The Morgan fingerprint density at radius 1 is 1.18 bits per heavy atom. The highest BCUT2D eigenvalue weighted by Gasteiger charge is 2.62. The van der Waals surface area contributed by atoms with Crippen LogP contribution in [0.25, 0.3) is 0 Å². The lowest BCUT2D eigenvalue weighted by Gasteiger charge is -2.29. The van der Waals surface area contributed by atoms with Crippen molar-refractivity contribution in [1.29, 1.82) is 0 Å². The molecule has 0 aliphatic carbocycles. The Morgan fingerprint density at radius 2 is 1.82 bits per heavy atom. The van der Waals surface area contributed by atoms with E-state index in [1.165, 1.54) is 31.4 Å². The zero-order chi connectivity index (χ0) is 25.3. The predicted molar refractivity (Wildman–Crippen MR) is 126 cm³/mol. The van der Waals surface area contributed by atoms with Crippen LogP contribution in [0.3, 0.4) is 0 Å². The number of amides is 2. The molecule has 0 bridgehead atoms. The molecule has 34 heavy (non-hydrogen) atoms. The largest absolute Gasteiger partial charge is 0.452 e. The van der Waals surface area contributed by atoms with Crippen LogP contribution < -0.4 is 0 Å². The molecule has 3 rings (SSSR count). The number of ether oxygens (including phenoxy) is 2. The van der Waals surface area contributed by atoms with Gasteiger partial charge in [-0.25, -0.2) is 9.69 Å². The molecule has 2 amide bonds. The van der Waals surface area contributed by atoms with Crippen molar-refractivity contribution in [3.05, 3.63) is 66.7 Å². The van der Waals surface area contributed by atoms with E-state index in [0.717, 1.165) is 24.1 Å². The van der Waals surface area contributed by atoms with Crippen molar-refractivity contribution in [1.82, 2.24) is 4.90 Å². The van der Waals surface area contributed by atoms with E-state index in [-0.39, 0.29) is 33.6 Å². The Labute approximate surface area is 215 Å². The average molecular weight is 631 g/mol. The molecule has 0 radical (unpaired) electrons. The van der Waals surface area contributed by atoms with Gasteiger partial charge in [0.1, 0.15) is 6.73 Å². The van der Waals surface area contributed by atoms with Crippen LogP contribution in [0.1, 0.15) is 27.9 Å². The topological polar surface area (TPSA) is 77.4 Å². The summed E-state index contributed by atoms with van der Waals surface area (Å²) in [5.74, 6) is -0.701. The van der Waals surface area contributed by atoms with Gasteiger partial charge in [0.25, 0.3) is 11.5 Å². The van der Waals surface area contributed by atoms with E-state index in [9.17, 15) is 22.8 Å². The van der Waals surface area contributed by atoms with Crippen molar-refractivity contribution in [2.45, 2.75) is 18.2 Å². The van der Waals surface area contributed by atoms with Crippen LogP contribution >= 0.6 is 45.8 Å². The zero-order valence-electron chi connectivity index (χ0n) is 17.6. The fourth-order valence-electron chi connectivity index (χ4n) is 3.29. The van der Waals surface area contributed by atoms with Crippen molar-refractivity contribution < 1.29 is 37.1 Å². The monoisotopic (exact) mass is 630 g/mol. The maximum absolute atomic E-state index is 14.2. The van der Waals surface area contributed by atoms with Crippen LogP contribution in [-0.4, -0.2) is 49.7 Å². The molecule has 1 heterocycles. The summed E-state index contributed by atoms with van der Waals surface area (Å²) in [4.78, 5) is 30.4. The van der Waals surface area contributed by atoms with Gasteiger partial charge in [-0.3, -0.25) is 4.79 Å². The number of alkyl halides is 3.